The van der Waals surface area contributed by atoms with Crippen molar-refractivity contribution in [2.24, 2.45) is 0 Å². The van der Waals surface area contributed by atoms with Crippen molar-refractivity contribution in [1.82, 2.24) is 10.2 Å². The summed E-state index contributed by atoms with van der Waals surface area (Å²) >= 11 is 6.24. The van der Waals surface area contributed by atoms with Gasteiger partial charge in [-0.25, -0.2) is 8.78 Å². The molecule has 2 nitrogen and oxygen atoms in total. The van der Waals surface area contributed by atoms with Gasteiger partial charge in [0.2, 0.25) is 6.43 Å². The highest BCUT2D eigenvalue weighted by atomic mass is 35.5. The average molecular weight is 289 g/mol. The lowest BCUT2D eigenvalue weighted by Gasteiger charge is -2.36. The number of halogens is 3. The number of nitrogens with zero attached hydrogens (tertiary/aromatic N) is 1. The summed E-state index contributed by atoms with van der Waals surface area (Å²) in [4.78, 5) is 2.11. The second kappa shape index (κ2) is 6.64. The van der Waals surface area contributed by atoms with Crippen molar-refractivity contribution in [2.75, 3.05) is 26.2 Å². The lowest BCUT2D eigenvalue weighted by atomic mass is 9.96. The molecule has 1 heterocycles. The minimum atomic E-state index is -2.32. The molecule has 0 spiro atoms. The summed E-state index contributed by atoms with van der Waals surface area (Å²) in [5, 5.41) is 3.83. The fraction of sp³-hybridized carbons (Fsp3) is 0.571. The minimum absolute atomic E-state index is 0.162. The molecular formula is C14H19ClF2N2. The Kier molecular flexibility index (Phi) is 5.13. The first-order valence-corrected chi connectivity index (χ1v) is 6.95. The molecule has 0 bridgehead atoms. The molecule has 0 amide bonds. The Bertz CT molecular complexity index is 400. The first-order valence-electron chi connectivity index (χ1n) is 6.57. The summed E-state index contributed by atoms with van der Waals surface area (Å²) in [5.74, 6) is 0. The van der Waals surface area contributed by atoms with Gasteiger partial charge >= 0.3 is 0 Å². The molecule has 0 radical (unpaired) electrons. The van der Waals surface area contributed by atoms with Crippen LogP contribution < -0.4 is 5.32 Å². The number of aryl methyl sites for hydroxylation is 1. The van der Waals surface area contributed by atoms with Crippen molar-refractivity contribution in [3.63, 3.8) is 0 Å². The van der Waals surface area contributed by atoms with E-state index in [0.717, 1.165) is 37.3 Å². The van der Waals surface area contributed by atoms with E-state index in [9.17, 15) is 8.78 Å². The lowest BCUT2D eigenvalue weighted by Crippen LogP contribution is -2.45. The topological polar surface area (TPSA) is 15.3 Å². The zero-order valence-corrected chi connectivity index (χ0v) is 11.8. The van der Waals surface area contributed by atoms with Crippen molar-refractivity contribution in [2.45, 2.75) is 25.8 Å². The lowest BCUT2D eigenvalue weighted by molar-refractivity contribution is 0.0737. The number of piperazine rings is 1. The number of rotatable bonds is 4. The van der Waals surface area contributed by atoms with E-state index in [-0.39, 0.29) is 12.5 Å². The largest absolute Gasteiger partial charge is 0.314 e. The molecule has 1 aromatic rings. The maximum atomic E-state index is 12.9. The van der Waals surface area contributed by atoms with Gasteiger partial charge in [0, 0.05) is 43.7 Å². The van der Waals surface area contributed by atoms with Gasteiger partial charge in [-0.15, -0.1) is 0 Å². The van der Waals surface area contributed by atoms with Gasteiger partial charge in [0.05, 0.1) is 0 Å². The average Bonchev–Trinajstić information content (AvgIpc) is 2.38. The Balaban J connectivity index is 2.30. The van der Waals surface area contributed by atoms with Gasteiger partial charge in [0.25, 0.3) is 0 Å². The third-order valence-electron chi connectivity index (χ3n) is 3.60. The Morgan fingerprint density at radius 1 is 1.32 bits per heavy atom. The van der Waals surface area contributed by atoms with Crippen LogP contribution in [-0.2, 0) is 0 Å². The van der Waals surface area contributed by atoms with Gasteiger partial charge in [0.15, 0.2) is 0 Å². The molecule has 0 unspecified atom stereocenters. The number of hydrogen-bond donors (Lipinski definition) is 1. The molecule has 2 rings (SSSR count). The highest BCUT2D eigenvalue weighted by Crippen LogP contribution is 2.34. The van der Waals surface area contributed by atoms with E-state index in [1.54, 1.807) is 6.07 Å². The molecular weight excluding hydrogens is 270 g/mol. The Labute approximate surface area is 117 Å². The highest BCUT2D eigenvalue weighted by Gasteiger charge is 2.28. The van der Waals surface area contributed by atoms with Crippen molar-refractivity contribution in [1.29, 1.82) is 0 Å². The first-order chi connectivity index (χ1) is 9.09. The van der Waals surface area contributed by atoms with Crippen LogP contribution in [0.25, 0.3) is 0 Å². The summed E-state index contributed by atoms with van der Waals surface area (Å²) in [7, 11) is 0. The number of hydrogen-bond acceptors (Lipinski definition) is 2. The van der Waals surface area contributed by atoms with Crippen molar-refractivity contribution in [3.8, 4) is 0 Å². The predicted molar refractivity (Wildman–Crippen MR) is 74.0 cm³/mol. The SMILES string of the molecule is Cc1cccc(Cl)c1[C@H](CC(F)F)N1CCNCC1. The molecule has 5 heteroatoms. The molecule has 1 aliphatic heterocycles. The molecule has 106 valence electrons. The normalized spacial score (nSPS) is 18.8. The summed E-state index contributed by atoms with van der Waals surface area (Å²) in [6, 6.07) is 5.28. The Morgan fingerprint density at radius 2 is 2.00 bits per heavy atom. The molecule has 1 aromatic carbocycles. The zero-order valence-electron chi connectivity index (χ0n) is 11.0. The summed E-state index contributed by atoms with van der Waals surface area (Å²) < 4.78 is 25.8. The van der Waals surface area contributed by atoms with E-state index in [1.807, 2.05) is 19.1 Å². The predicted octanol–water partition coefficient (Wildman–Crippen LogP) is 3.25. The fourth-order valence-corrected chi connectivity index (χ4v) is 3.03. The molecule has 19 heavy (non-hydrogen) atoms. The van der Waals surface area contributed by atoms with E-state index in [1.165, 1.54) is 0 Å². The second-order valence-corrected chi connectivity index (χ2v) is 5.31. The van der Waals surface area contributed by atoms with Gasteiger partial charge in [-0.05, 0) is 24.1 Å². The molecule has 0 aliphatic carbocycles. The molecule has 1 saturated heterocycles. The van der Waals surface area contributed by atoms with Crippen LogP contribution in [0.4, 0.5) is 8.78 Å². The minimum Gasteiger partial charge on any atom is -0.314 e. The summed E-state index contributed by atoms with van der Waals surface area (Å²) in [5.41, 5.74) is 1.84. The van der Waals surface area contributed by atoms with Crippen LogP contribution in [0.15, 0.2) is 18.2 Å². The summed E-state index contributed by atoms with van der Waals surface area (Å²) in [6.45, 7) is 5.17. The zero-order chi connectivity index (χ0) is 13.8. The van der Waals surface area contributed by atoms with Gasteiger partial charge in [-0.2, -0.15) is 0 Å². The molecule has 1 aliphatic rings. The van der Waals surface area contributed by atoms with Crippen LogP contribution in [0.3, 0.4) is 0 Å². The van der Waals surface area contributed by atoms with Gasteiger partial charge < -0.3 is 5.32 Å². The van der Waals surface area contributed by atoms with Crippen LogP contribution >= 0.6 is 11.6 Å². The number of alkyl halides is 2. The van der Waals surface area contributed by atoms with Crippen LogP contribution in [0.5, 0.6) is 0 Å². The molecule has 1 N–H and O–H groups in total. The van der Waals surface area contributed by atoms with Crippen molar-refractivity contribution in [3.05, 3.63) is 34.3 Å². The molecule has 0 aromatic heterocycles. The van der Waals surface area contributed by atoms with Crippen LogP contribution in [0.1, 0.15) is 23.6 Å². The van der Waals surface area contributed by atoms with Gasteiger partial charge in [-0.1, -0.05) is 23.7 Å². The monoisotopic (exact) mass is 288 g/mol. The van der Waals surface area contributed by atoms with Crippen molar-refractivity contribution >= 4 is 11.6 Å². The quantitative estimate of drug-likeness (QED) is 0.915. The van der Waals surface area contributed by atoms with Crippen LogP contribution in [0, 0.1) is 6.92 Å². The van der Waals surface area contributed by atoms with Gasteiger partial charge in [-0.3, -0.25) is 4.90 Å². The van der Waals surface area contributed by atoms with E-state index in [4.69, 9.17) is 11.6 Å². The molecule has 0 saturated carbocycles. The third kappa shape index (κ3) is 3.65. The Hall–Kier alpha value is -0.710. The fourth-order valence-electron chi connectivity index (χ4n) is 2.68. The maximum absolute atomic E-state index is 12.9. The standard InChI is InChI=1S/C14H19ClF2N2/c1-10-3-2-4-11(15)14(10)12(9-13(16)17)19-7-5-18-6-8-19/h2-4,12-13,18H,5-9H2,1H3/t12-/m0/s1. The van der Waals surface area contributed by atoms with E-state index in [2.05, 4.69) is 10.2 Å². The smallest absolute Gasteiger partial charge is 0.240 e. The summed E-state index contributed by atoms with van der Waals surface area (Å²) in [6.07, 6.45) is -2.49. The second-order valence-electron chi connectivity index (χ2n) is 4.90. The van der Waals surface area contributed by atoms with Crippen LogP contribution in [-0.4, -0.2) is 37.5 Å². The third-order valence-corrected chi connectivity index (χ3v) is 3.93. The van der Waals surface area contributed by atoms with Crippen LogP contribution in [0.2, 0.25) is 5.02 Å². The maximum Gasteiger partial charge on any atom is 0.240 e. The highest BCUT2D eigenvalue weighted by molar-refractivity contribution is 6.31. The first kappa shape index (κ1) is 14.7. The molecule has 1 atom stereocenters. The van der Waals surface area contributed by atoms with E-state index < -0.39 is 6.43 Å². The number of nitrogens with one attached hydrogen (secondary N) is 1. The van der Waals surface area contributed by atoms with Crippen molar-refractivity contribution < 1.29 is 8.78 Å². The number of benzene rings is 1. The van der Waals surface area contributed by atoms with Gasteiger partial charge in [0.1, 0.15) is 0 Å². The Morgan fingerprint density at radius 3 is 2.58 bits per heavy atom. The molecule has 1 fully saturated rings. The van der Waals surface area contributed by atoms with E-state index in [0.29, 0.717) is 5.02 Å². The van der Waals surface area contributed by atoms with E-state index >= 15 is 0 Å².